The molecule has 11 heavy (non-hydrogen) atoms. The fourth-order valence-corrected chi connectivity index (χ4v) is 0.790. The van der Waals surface area contributed by atoms with Crippen molar-refractivity contribution in [2.75, 3.05) is 0 Å². The Bertz CT molecular complexity index is 221. The Morgan fingerprint density at radius 2 is 1.73 bits per heavy atom. The van der Waals surface area contributed by atoms with Gasteiger partial charge >= 0.3 is 0 Å². The molecule has 0 fully saturated rings. The number of aryl methyl sites for hydroxylation is 2. The summed E-state index contributed by atoms with van der Waals surface area (Å²) in [7, 11) is 0. The average molecular weight is 172 g/mol. The van der Waals surface area contributed by atoms with E-state index >= 15 is 0 Å². The van der Waals surface area contributed by atoms with Crippen LogP contribution in [0.3, 0.4) is 0 Å². The molecule has 0 N–H and O–H groups in total. The van der Waals surface area contributed by atoms with E-state index < -0.39 is 0 Å². The lowest BCUT2D eigenvalue weighted by Crippen LogP contribution is -1.84. The molecule has 2 heteroatoms. The Balaban J connectivity index is 0.000000461. The minimum absolute atomic E-state index is 0.568. The van der Waals surface area contributed by atoms with E-state index in [2.05, 4.69) is 4.98 Å². The van der Waals surface area contributed by atoms with Gasteiger partial charge in [0.15, 0.2) is 0 Å². The topological polar surface area (TPSA) is 12.9 Å². The first-order valence-electron chi connectivity index (χ1n) is 3.80. The van der Waals surface area contributed by atoms with Crippen LogP contribution in [0.5, 0.6) is 0 Å². The van der Waals surface area contributed by atoms with E-state index in [1.54, 1.807) is 6.07 Å². The molecule has 1 aromatic heterocycles. The SMILES string of the molecule is CC.Cc1ccc(Cl)nc1C. The first-order chi connectivity index (χ1) is 5.20. The Labute approximate surface area is 73.4 Å². The smallest absolute Gasteiger partial charge is 0.129 e. The maximum Gasteiger partial charge on any atom is 0.129 e. The third-order valence-corrected chi connectivity index (χ3v) is 1.53. The zero-order valence-electron chi connectivity index (χ0n) is 7.48. The molecule has 0 aliphatic carbocycles. The highest BCUT2D eigenvalue weighted by atomic mass is 35.5. The Morgan fingerprint density at radius 1 is 1.18 bits per heavy atom. The van der Waals surface area contributed by atoms with E-state index in [1.807, 2.05) is 33.8 Å². The highest BCUT2D eigenvalue weighted by Crippen LogP contribution is 2.08. The van der Waals surface area contributed by atoms with E-state index in [0.717, 1.165) is 5.69 Å². The van der Waals surface area contributed by atoms with Crippen LogP contribution in [0.15, 0.2) is 12.1 Å². The van der Waals surface area contributed by atoms with Crippen LogP contribution in [0.2, 0.25) is 5.15 Å². The van der Waals surface area contributed by atoms with Gasteiger partial charge in [-0.05, 0) is 25.5 Å². The van der Waals surface area contributed by atoms with Crippen molar-refractivity contribution in [3.63, 3.8) is 0 Å². The van der Waals surface area contributed by atoms with Crippen molar-refractivity contribution in [1.29, 1.82) is 0 Å². The van der Waals surface area contributed by atoms with Crippen LogP contribution in [-0.4, -0.2) is 4.98 Å². The Kier molecular flexibility index (Phi) is 4.88. The summed E-state index contributed by atoms with van der Waals surface area (Å²) in [4.78, 5) is 4.04. The predicted molar refractivity (Wildman–Crippen MR) is 50.1 cm³/mol. The molecule has 0 aromatic carbocycles. The summed E-state index contributed by atoms with van der Waals surface area (Å²) in [5, 5.41) is 0.568. The molecular weight excluding hydrogens is 158 g/mol. The molecule has 1 aromatic rings. The van der Waals surface area contributed by atoms with E-state index in [-0.39, 0.29) is 0 Å². The van der Waals surface area contributed by atoms with Crippen molar-refractivity contribution < 1.29 is 0 Å². The molecule has 1 rings (SSSR count). The minimum atomic E-state index is 0.568. The van der Waals surface area contributed by atoms with Gasteiger partial charge in [-0.3, -0.25) is 0 Å². The highest BCUT2D eigenvalue weighted by Gasteiger charge is 1.92. The third kappa shape index (κ3) is 3.38. The number of aromatic nitrogens is 1. The number of nitrogens with zero attached hydrogens (tertiary/aromatic N) is 1. The van der Waals surface area contributed by atoms with Gasteiger partial charge in [-0.2, -0.15) is 0 Å². The molecule has 0 bridgehead atoms. The number of pyridine rings is 1. The fraction of sp³-hybridized carbons (Fsp3) is 0.444. The molecule has 1 heterocycles. The van der Waals surface area contributed by atoms with Crippen molar-refractivity contribution in [1.82, 2.24) is 4.98 Å². The van der Waals surface area contributed by atoms with Crippen molar-refractivity contribution in [3.8, 4) is 0 Å². The van der Waals surface area contributed by atoms with Crippen molar-refractivity contribution in [2.45, 2.75) is 27.7 Å². The summed E-state index contributed by atoms with van der Waals surface area (Å²) in [6.45, 7) is 7.96. The number of rotatable bonds is 0. The minimum Gasteiger partial charge on any atom is -0.241 e. The highest BCUT2D eigenvalue weighted by molar-refractivity contribution is 6.29. The molecule has 0 saturated carbocycles. The van der Waals surface area contributed by atoms with Crippen LogP contribution in [0.25, 0.3) is 0 Å². The first-order valence-corrected chi connectivity index (χ1v) is 4.17. The fourth-order valence-electron chi connectivity index (χ4n) is 0.600. The van der Waals surface area contributed by atoms with E-state index in [9.17, 15) is 0 Å². The molecule has 0 spiro atoms. The second-order valence-corrected chi connectivity index (χ2v) is 2.42. The van der Waals surface area contributed by atoms with Crippen molar-refractivity contribution in [2.24, 2.45) is 0 Å². The van der Waals surface area contributed by atoms with Gasteiger partial charge in [-0.15, -0.1) is 0 Å². The molecule has 0 aliphatic heterocycles. The first kappa shape index (κ1) is 10.4. The summed E-state index contributed by atoms with van der Waals surface area (Å²) in [5.41, 5.74) is 2.18. The molecule has 1 nitrogen and oxygen atoms in total. The number of hydrogen-bond acceptors (Lipinski definition) is 1. The van der Waals surface area contributed by atoms with Gasteiger partial charge in [0.05, 0.1) is 0 Å². The Morgan fingerprint density at radius 3 is 2.09 bits per heavy atom. The van der Waals surface area contributed by atoms with Crippen LogP contribution in [0.1, 0.15) is 25.1 Å². The monoisotopic (exact) mass is 171 g/mol. The average Bonchev–Trinajstić information content (AvgIpc) is 2.02. The van der Waals surface area contributed by atoms with E-state index in [4.69, 9.17) is 11.6 Å². The maximum absolute atomic E-state index is 5.61. The van der Waals surface area contributed by atoms with Crippen LogP contribution in [0.4, 0.5) is 0 Å². The summed E-state index contributed by atoms with van der Waals surface area (Å²) in [5.74, 6) is 0. The number of hydrogen-bond donors (Lipinski definition) is 0. The van der Waals surface area contributed by atoms with E-state index in [1.165, 1.54) is 5.56 Å². The lowest BCUT2D eigenvalue weighted by molar-refractivity contribution is 1.15. The summed E-state index contributed by atoms with van der Waals surface area (Å²) < 4.78 is 0. The molecule has 0 unspecified atom stereocenters. The summed E-state index contributed by atoms with van der Waals surface area (Å²) >= 11 is 5.61. The normalized spacial score (nSPS) is 8.45. The lowest BCUT2D eigenvalue weighted by atomic mass is 10.2. The zero-order chi connectivity index (χ0) is 8.85. The largest absolute Gasteiger partial charge is 0.241 e. The van der Waals surface area contributed by atoms with Crippen LogP contribution < -0.4 is 0 Å². The molecule has 62 valence electrons. The zero-order valence-corrected chi connectivity index (χ0v) is 8.24. The van der Waals surface area contributed by atoms with Crippen molar-refractivity contribution in [3.05, 3.63) is 28.5 Å². The van der Waals surface area contributed by atoms with Gasteiger partial charge in [0.1, 0.15) is 5.15 Å². The standard InChI is InChI=1S/C7H8ClN.C2H6/c1-5-3-4-7(8)9-6(5)2;1-2/h3-4H,1-2H3;1-2H3. The third-order valence-electron chi connectivity index (χ3n) is 1.32. The number of halogens is 1. The van der Waals surface area contributed by atoms with Crippen molar-refractivity contribution >= 4 is 11.6 Å². The molecule has 0 atom stereocenters. The van der Waals surface area contributed by atoms with Crippen LogP contribution in [0, 0.1) is 13.8 Å². The van der Waals surface area contributed by atoms with Gasteiger partial charge in [-0.25, -0.2) is 4.98 Å². The van der Waals surface area contributed by atoms with E-state index in [0.29, 0.717) is 5.15 Å². The quantitative estimate of drug-likeness (QED) is 0.546. The van der Waals surface area contributed by atoms with Crippen LogP contribution >= 0.6 is 11.6 Å². The lowest BCUT2D eigenvalue weighted by Gasteiger charge is -1.95. The summed E-state index contributed by atoms with van der Waals surface area (Å²) in [6.07, 6.45) is 0. The predicted octanol–water partition coefficient (Wildman–Crippen LogP) is 3.38. The molecule has 0 radical (unpaired) electrons. The Hall–Kier alpha value is -0.560. The summed E-state index contributed by atoms with van der Waals surface area (Å²) in [6, 6.07) is 3.76. The molecule has 0 aliphatic rings. The van der Waals surface area contributed by atoms with Gasteiger partial charge in [0.2, 0.25) is 0 Å². The maximum atomic E-state index is 5.61. The second kappa shape index (κ2) is 5.14. The van der Waals surface area contributed by atoms with Gasteiger partial charge in [0, 0.05) is 5.69 Å². The van der Waals surface area contributed by atoms with Crippen LogP contribution in [-0.2, 0) is 0 Å². The van der Waals surface area contributed by atoms with Gasteiger partial charge in [-0.1, -0.05) is 31.5 Å². The molecular formula is C9H14ClN. The van der Waals surface area contributed by atoms with Gasteiger partial charge in [0.25, 0.3) is 0 Å². The second-order valence-electron chi connectivity index (χ2n) is 2.04. The molecule has 0 amide bonds. The van der Waals surface area contributed by atoms with Gasteiger partial charge < -0.3 is 0 Å². The molecule has 0 saturated heterocycles.